The summed E-state index contributed by atoms with van der Waals surface area (Å²) in [6.07, 6.45) is 0. The topological polar surface area (TPSA) is 66.9 Å². The van der Waals surface area contributed by atoms with E-state index in [2.05, 4.69) is 20.6 Å². The summed E-state index contributed by atoms with van der Waals surface area (Å²) in [5.41, 5.74) is 1.84. The molecule has 132 valence electrons. The van der Waals surface area contributed by atoms with Crippen LogP contribution in [0.2, 0.25) is 10.0 Å². The van der Waals surface area contributed by atoms with E-state index in [-0.39, 0.29) is 11.6 Å². The van der Waals surface area contributed by atoms with E-state index in [0.717, 1.165) is 5.56 Å². The van der Waals surface area contributed by atoms with E-state index in [1.165, 1.54) is 0 Å². The van der Waals surface area contributed by atoms with E-state index in [1.54, 1.807) is 37.3 Å². The molecule has 0 saturated heterocycles. The molecule has 2 N–H and O–H groups in total. The molecule has 0 aliphatic carbocycles. The third-order valence-corrected chi connectivity index (χ3v) is 4.16. The molecule has 3 aromatic rings. The van der Waals surface area contributed by atoms with E-state index >= 15 is 0 Å². The van der Waals surface area contributed by atoms with Crippen LogP contribution in [-0.2, 0) is 6.54 Å². The SMILES string of the molecule is Cc1nc(NCc2ccc(Cl)cc2)cc(C(=O)Nc2ccccc2Cl)n1. The number of anilines is 2. The van der Waals surface area contributed by atoms with Gasteiger partial charge in [-0.1, -0.05) is 47.5 Å². The Hall–Kier alpha value is -2.63. The normalized spacial score (nSPS) is 10.4. The van der Waals surface area contributed by atoms with Crippen molar-refractivity contribution in [3.05, 3.63) is 81.7 Å². The molecule has 2 aromatic carbocycles. The summed E-state index contributed by atoms with van der Waals surface area (Å²) < 4.78 is 0. The minimum atomic E-state index is -0.349. The van der Waals surface area contributed by atoms with Crippen molar-refractivity contribution in [3.63, 3.8) is 0 Å². The second-order valence-corrected chi connectivity index (χ2v) is 6.44. The lowest BCUT2D eigenvalue weighted by molar-refractivity contribution is 0.102. The van der Waals surface area contributed by atoms with Crippen LogP contribution in [0, 0.1) is 6.92 Å². The Labute approximate surface area is 161 Å². The Morgan fingerprint density at radius 3 is 2.50 bits per heavy atom. The highest BCUT2D eigenvalue weighted by Crippen LogP contribution is 2.21. The Morgan fingerprint density at radius 1 is 1.04 bits per heavy atom. The summed E-state index contributed by atoms with van der Waals surface area (Å²) in [4.78, 5) is 21.0. The van der Waals surface area contributed by atoms with Crippen molar-refractivity contribution in [2.45, 2.75) is 13.5 Å². The first-order valence-corrected chi connectivity index (χ1v) is 8.67. The van der Waals surface area contributed by atoms with Gasteiger partial charge in [0.15, 0.2) is 0 Å². The molecule has 0 unspecified atom stereocenters. The number of nitrogens with zero attached hydrogens (tertiary/aromatic N) is 2. The number of amides is 1. The summed E-state index contributed by atoms with van der Waals surface area (Å²) >= 11 is 12.0. The van der Waals surface area contributed by atoms with Crippen LogP contribution in [0.15, 0.2) is 54.6 Å². The second-order valence-electron chi connectivity index (χ2n) is 5.60. The number of aromatic nitrogens is 2. The molecule has 1 amide bonds. The van der Waals surface area contributed by atoms with Gasteiger partial charge in [-0.2, -0.15) is 0 Å². The zero-order chi connectivity index (χ0) is 18.5. The van der Waals surface area contributed by atoms with Crippen molar-refractivity contribution in [1.82, 2.24) is 9.97 Å². The highest BCUT2D eigenvalue weighted by molar-refractivity contribution is 6.33. The van der Waals surface area contributed by atoms with Crippen LogP contribution in [-0.4, -0.2) is 15.9 Å². The average Bonchev–Trinajstić information content (AvgIpc) is 2.63. The highest BCUT2D eigenvalue weighted by Gasteiger charge is 2.12. The zero-order valence-corrected chi connectivity index (χ0v) is 15.5. The number of benzene rings is 2. The van der Waals surface area contributed by atoms with Crippen molar-refractivity contribution in [3.8, 4) is 0 Å². The fourth-order valence-corrected chi connectivity index (χ4v) is 2.63. The number of nitrogens with one attached hydrogen (secondary N) is 2. The number of halogens is 2. The van der Waals surface area contributed by atoms with Crippen molar-refractivity contribution in [2.24, 2.45) is 0 Å². The average molecular weight is 387 g/mol. The minimum absolute atomic E-state index is 0.260. The number of hydrogen-bond donors (Lipinski definition) is 2. The van der Waals surface area contributed by atoms with Gasteiger partial charge in [-0.15, -0.1) is 0 Å². The van der Waals surface area contributed by atoms with Gasteiger partial charge in [0.1, 0.15) is 17.3 Å². The van der Waals surface area contributed by atoms with Gasteiger partial charge in [0, 0.05) is 17.6 Å². The molecule has 0 atom stereocenters. The molecular weight excluding hydrogens is 371 g/mol. The first kappa shape index (κ1) is 18.2. The van der Waals surface area contributed by atoms with E-state index in [0.29, 0.717) is 33.9 Å². The maximum atomic E-state index is 12.5. The van der Waals surface area contributed by atoms with Crippen LogP contribution >= 0.6 is 23.2 Å². The van der Waals surface area contributed by atoms with Gasteiger partial charge >= 0.3 is 0 Å². The van der Waals surface area contributed by atoms with E-state index in [9.17, 15) is 4.79 Å². The molecule has 1 heterocycles. The van der Waals surface area contributed by atoms with E-state index in [1.807, 2.05) is 24.3 Å². The standard InChI is InChI=1S/C19H16Cl2N4O/c1-12-23-17(19(26)25-16-5-3-2-4-15(16)21)10-18(24-12)22-11-13-6-8-14(20)9-7-13/h2-10H,11H2,1H3,(H,25,26)(H,22,23,24). The quantitative estimate of drug-likeness (QED) is 0.650. The largest absolute Gasteiger partial charge is 0.366 e. The number of hydrogen-bond acceptors (Lipinski definition) is 4. The molecule has 0 aliphatic rings. The van der Waals surface area contributed by atoms with Gasteiger partial charge in [-0.05, 0) is 36.8 Å². The van der Waals surface area contributed by atoms with Crippen LogP contribution in [0.25, 0.3) is 0 Å². The molecule has 0 spiro atoms. The Balaban J connectivity index is 1.73. The van der Waals surface area contributed by atoms with Crippen molar-refractivity contribution < 1.29 is 4.79 Å². The van der Waals surface area contributed by atoms with Crippen LogP contribution < -0.4 is 10.6 Å². The van der Waals surface area contributed by atoms with Crippen LogP contribution in [0.3, 0.4) is 0 Å². The van der Waals surface area contributed by atoms with Crippen molar-refractivity contribution in [1.29, 1.82) is 0 Å². The van der Waals surface area contributed by atoms with Crippen LogP contribution in [0.5, 0.6) is 0 Å². The molecule has 26 heavy (non-hydrogen) atoms. The predicted molar refractivity (Wildman–Crippen MR) is 105 cm³/mol. The van der Waals surface area contributed by atoms with Gasteiger partial charge in [0.25, 0.3) is 5.91 Å². The van der Waals surface area contributed by atoms with E-state index < -0.39 is 0 Å². The number of aryl methyl sites for hydroxylation is 1. The molecule has 1 aromatic heterocycles. The summed E-state index contributed by atoms with van der Waals surface area (Å²) in [6, 6.07) is 16.1. The lowest BCUT2D eigenvalue weighted by Gasteiger charge is -2.10. The maximum absolute atomic E-state index is 12.5. The van der Waals surface area contributed by atoms with Crippen molar-refractivity contribution in [2.75, 3.05) is 10.6 Å². The van der Waals surface area contributed by atoms with Crippen molar-refractivity contribution >= 4 is 40.6 Å². The third-order valence-electron chi connectivity index (χ3n) is 3.58. The molecular formula is C19H16Cl2N4O. The first-order chi connectivity index (χ1) is 12.5. The van der Waals surface area contributed by atoms with Gasteiger partial charge in [0.05, 0.1) is 10.7 Å². The lowest BCUT2D eigenvalue weighted by atomic mass is 10.2. The number of carbonyl (C=O) groups is 1. The molecule has 7 heteroatoms. The molecule has 0 bridgehead atoms. The minimum Gasteiger partial charge on any atom is -0.366 e. The Bertz CT molecular complexity index is 929. The fourth-order valence-electron chi connectivity index (χ4n) is 2.32. The zero-order valence-electron chi connectivity index (χ0n) is 14.0. The summed E-state index contributed by atoms with van der Waals surface area (Å²) in [7, 11) is 0. The molecule has 0 fully saturated rings. The molecule has 0 saturated carbocycles. The highest BCUT2D eigenvalue weighted by atomic mass is 35.5. The summed E-state index contributed by atoms with van der Waals surface area (Å²) in [6.45, 7) is 2.29. The maximum Gasteiger partial charge on any atom is 0.274 e. The first-order valence-electron chi connectivity index (χ1n) is 7.91. The Kier molecular flexibility index (Phi) is 5.71. The molecule has 0 aliphatic heterocycles. The van der Waals surface area contributed by atoms with Gasteiger partial charge < -0.3 is 10.6 Å². The van der Waals surface area contributed by atoms with Crippen LogP contribution in [0.4, 0.5) is 11.5 Å². The van der Waals surface area contributed by atoms with Gasteiger partial charge in [0.2, 0.25) is 0 Å². The summed E-state index contributed by atoms with van der Waals surface area (Å²) in [5.74, 6) is 0.713. The fraction of sp³-hybridized carbons (Fsp3) is 0.105. The van der Waals surface area contributed by atoms with Crippen LogP contribution in [0.1, 0.15) is 21.9 Å². The monoisotopic (exact) mass is 386 g/mol. The third kappa shape index (κ3) is 4.71. The number of para-hydroxylation sites is 1. The molecule has 3 rings (SSSR count). The molecule has 0 radical (unpaired) electrons. The Morgan fingerprint density at radius 2 is 1.77 bits per heavy atom. The van der Waals surface area contributed by atoms with Gasteiger partial charge in [-0.25, -0.2) is 9.97 Å². The predicted octanol–water partition coefficient (Wildman–Crippen LogP) is 4.96. The summed E-state index contributed by atoms with van der Waals surface area (Å²) in [5, 5.41) is 7.10. The lowest BCUT2D eigenvalue weighted by Crippen LogP contribution is -2.16. The second kappa shape index (κ2) is 8.17. The molecule has 5 nitrogen and oxygen atoms in total. The van der Waals surface area contributed by atoms with E-state index in [4.69, 9.17) is 23.2 Å². The van der Waals surface area contributed by atoms with Gasteiger partial charge in [-0.3, -0.25) is 4.79 Å². The number of carbonyl (C=O) groups excluding carboxylic acids is 1. The number of rotatable bonds is 5. The smallest absolute Gasteiger partial charge is 0.274 e.